The van der Waals surface area contributed by atoms with Crippen LogP contribution in [0.5, 0.6) is 0 Å². The second-order valence-electron chi connectivity index (χ2n) is 8.75. The molecule has 1 aromatic carbocycles. The van der Waals surface area contributed by atoms with E-state index in [-0.39, 0.29) is 29.7 Å². The summed E-state index contributed by atoms with van der Waals surface area (Å²) in [6.45, 7) is 2.28. The van der Waals surface area contributed by atoms with Gasteiger partial charge in [0.25, 0.3) is 6.43 Å². The van der Waals surface area contributed by atoms with Crippen LogP contribution in [0.25, 0.3) is 22.3 Å². The van der Waals surface area contributed by atoms with Crippen LogP contribution in [0.2, 0.25) is 0 Å². The maximum Gasteiger partial charge on any atom is 0.264 e. The Morgan fingerprint density at radius 2 is 2.00 bits per heavy atom. The summed E-state index contributed by atoms with van der Waals surface area (Å²) in [6.07, 6.45) is 3.50. The molecule has 1 aliphatic heterocycles. The molecule has 1 saturated heterocycles. The Kier molecular flexibility index (Phi) is 5.85. The van der Waals surface area contributed by atoms with Crippen molar-refractivity contribution < 1.29 is 13.6 Å². The highest BCUT2D eigenvalue weighted by atomic mass is 19.3. The number of aromatic nitrogens is 5. The van der Waals surface area contributed by atoms with Gasteiger partial charge in [-0.3, -0.25) is 9.48 Å². The van der Waals surface area contributed by atoms with Crippen molar-refractivity contribution in [2.75, 3.05) is 6.54 Å². The molecule has 3 aromatic heterocycles. The van der Waals surface area contributed by atoms with Crippen molar-refractivity contribution in [3.63, 3.8) is 0 Å². The predicted molar refractivity (Wildman–Crippen MR) is 124 cm³/mol. The van der Waals surface area contributed by atoms with E-state index in [0.717, 1.165) is 24.8 Å². The molecule has 0 N–H and O–H groups in total. The number of amides is 1. The summed E-state index contributed by atoms with van der Waals surface area (Å²) in [6, 6.07) is 11.4. The molecular formula is C25H26F2N6O. The third-order valence-corrected chi connectivity index (χ3v) is 6.44. The van der Waals surface area contributed by atoms with Crippen LogP contribution in [0.4, 0.5) is 8.78 Å². The minimum Gasteiger partial charge on any atom is -0.334 e. The molecule has 0 bridgehead atoms. The Labute approximate surface area is 196 Å². The smallest absolute Gasteiger partial charge is 0.264 e. The van der Waals surface area contributed by atoms with Crippen LogP contribution in [0, 0.1) is 6.92 Å². The fraction of sp³-hybridized carbons (Fsp3) is 0.360. The Morgan fingerprint density at radius 3 is 2.71 bits per heavy atom. The van der Waals surface area contributed by atoms with E-state index in [9.17, 15) is 13.6 Å². The van der Waals surface area contributed by atoms with Gasteiger partial charge in [-0.25, -0.2) is 18.4 Å². The number of alkyl halides is 2. The quantitative estimate of drug-likeness (QED) is 0.424. The SMILES string of the molecule is Cc1nn(CC(=O)N2CCCCC2c2ccccc2)c2nc(-c3cnn(C)c3)cc(C(F)F)c12. The zero-order chi connectivity index (χ0) is 23.8. The van der Waals surface area contributed by atoms with Gasteiger partial charge in [0.15, 0.2) is 5.65 Å². The number of halogens is 2. The molecule has 0 spiro atoms. The summed E-state index contributed by atoms with van der Waals surface area (Å²) in [7, 11) is 1.75. The highest BCUT2D eigenvalue weighted by Gasteiger charge is 2.29. The first-order chi connectivity index (χ1) is 16.4. The van der Waals surface area contributed by atoms with Gasteiger partial charge < -0.3 is 4.90 Å². The maximum atomic E-state index is 14.0. The molecule has 1 fully saturated rings. The molecule has 1 aliphatic rings. The molecule has 7 nitrogen and oxygen atoms in total. The van der Waals surface area contributed by atoms with Gasteiger partial charge in [0.2, 0.25) is 5.91 Å². The van der Waals surface area contributed by atoms with E-state index < -0.39 is 6.43 Å². The zero-order valence-electron chi connectivity index (χ0n) is 19.2. The van der Waals surface area contributed by atoms with Crippen molar-refractivity contribution in [1.82, 2.24) is 29.4 Å². The highest BCUT2D eigenvalue weighted by molar-refractivity contribution is 5.87. The summed E-state index contributed by atoms with van der Waals surface area (Å²) in [5, 5.41) is 8.89. The summed E-state index contributed by atoms with van der Waals surface area (Å²) in [5.41, 5.74) is 2.69. The van der Waals surface area contributed by atoms with E-state index >= 15 is 0 Å². The molecule has 9 heteroatoms. The molecule has 1 unspecified atom stereocenters. The average molecular weight is 465 g/mol. The fourth-order valence-corrected chi connectivity index (χ4v) is 4.84. The number of aryl methyl sites for hydroxylation is 2. The topological polar surface area (TPSA) is 68.8 Å². The van der Waals surface area contributed by atoms with Crippen LogP contribution in [0.1, 0.15) is 48.6 Å². The monoisotopic (exact) mass is 464 g/mol. The Bertz CT molecular complexity index is 1330. The molecular weight excluding hydrogens is 438 g/mol. The van der Waals surface area contributed by atoms with E-state index in [0.29, 0.717) is 28.9 Å². The Balaban J connectivity index is 1.53. The molecule has 4 heterocycles. The lowest BCUT2D eigenvalue weighted by Gasteiger charge is -2.36. The van der Waals surface area contributed by atoms with Crippen molar-refractivity contribution in [1.29, 1.82) is 0 Å². The Hall–Kier alpha value is -3.62. The summed E-state index contributed by atoms with van der Waals surface area (Å²) >= 11 is 0. The first kappa shape index (κ1) is 22.2. The van der Waals surface area contributed by atoms with E-state index in [1.54, 1.807) is 31.0 Å². The Morgan fingerprint density at radius 1 is 1.21 bits per heavy atom. The summed E-state index contributed by atoms with van der Waals surface area (Å²) in [4.78, 5) is 20.0. The number of likely N-dealkylation sites (tertiary alicyclic amines) is 1. The van der Waals surface area contributed by atoms with Crippen LogP contribution in [0.3, 0.4) is 0 Å². The van der Waals surface area contributed by atoms with Gasteiger partial charge in [-0.2, -0.15) is 10.2 Å². The first-order valence-electron chi connectivity index (χ1n) is 11.4. The van der Waals surface area contributed by atoms with Crippen LogP contribution in [0.15, 0.2) is 48.8 Å². The lowest BCUT2D eigenvalue weighted by Crippen LogP contribution is -2.40. The molecule has 4 aromatic rings. The molecule has 176 valence electrons. The standard InChI is InChI=1S/C25H26F2N6O/c1-16-23-19(24(26)27)12-20(18-13-28-31(2)14-18)29-25(23)33(30-16)15-22(34)32-11-7-6-10-21(32)17-8-4-3-5-9-17/h3-5,8-9,12-14,21,24H,6-7,10-11,15H2,1-2H3. The summed E-state index contributed by atoms with van der Waals surface area (Å²) in [5.74, 6) is -0.0925. The van der Waals surface area contributed by atoms with Gasteiger partial charge in [0.1, 0.15) is 6.54 Å². The molecule has 0 aliphatic carbocycles. The van der Waals surface area contributed by atoms with Crippen molar-refractivity contribution in [3.05, 3.63) is 65.6 Å². The third kappa shape index (κ3) is 4.06. The van der Waals surface area contributed by atoms with E-state index in [2.05, 4.69) is 15.2 Å². The second-order valence-corrected chi connectivity index (χ2v) is 8.75. The van der Waals surface area contributed by atoms with Gasteiger partial charge in [-0.05, 0) is 37.8 Å². The normalized spacial score (nSPS) is 16.5. The largest absolute Gasteiger partial charge is 0.334 e. The second kappa shape index (κ2) is 8.96. The van der Waals surface area contributed by atoms with Crippen LogP contribution in [-0.2, 0) is 18.4 Å². The van der Waals surface area contributed by atoms with Crippen molar-refractivity contribution in [2.24, 2.45) is 7.05 Å². The third-order valence-electron chi connectivity index (χ3n) is 6.44. The minimum absolute atomic E-state index is 0.000844. The molecule has 1 atom stereocenters. The fourth-order valence-electron chi connectivity index (χ4n) is 4.84. The lowest BCUT2D eigenvalue weighted by molar-refractivity contribution is -0.135. The number of benzene rings is 1. The predicted octanol–water partition coefficient (Wildman–Crippen LogP) is 4.83. The highest BCUT2D eigenvalue weighted by Crippen LogP contribution is 2.34. The zero-order valence-corrected chi connectivity index (χ0v) is 19.2. The van der Waals surface area contributed by atoms with Crippen molar-refractivity contribution >= 4 is 16.9 Å². The first-order valence-corrected chi connectivity index (χ1v) is 11.4. The van der Waals surface area contributed by atoms with E-state index in [1.165, 1.54) is 10.7 Å². The minimum atomic E-state index is -2.70. The number of hydrogen-bond donors (Lipinski definition) is 0. The van der Waals surface area contributed by atoms with E-state index in [4.69, 9.17) is 0 Å². The lowest BCUT2D eigenvalue weighted by atomic mass is 9.95. The molecule has 5 rings (SSSR count). The van der Waals surface area contributed by atoms with E-state index in [1.807, 2.05) is 35.2 Å². The number of pyridine rings is 1. The number of carbonyl (C=O) groups excluding carboxylic acids is 1. The van der Waals surface area contributed by atoms with Crippen LogP contribution in [-0.4, -0.2) is 41.9 Å². The van der Waals surface area contributed by atoms with Crippen molar-refractivity contribution in [3.8, 4) is 11.3 Å². The number of nitrogens with zero attached hydrogens (tertiary/aromatic N) is 6. The van der Waals surface area contributed by atoms with Crippen LogP contribution >= 0.6 is 0 Å². The number of carbonyl (C=O) groups is 1. The van der Waals surface area contributed by atoms with Gasteiger partial charge in [-0.15, -0.1) is 0 Å². The van der Waals surface area contributed by atoms with Gasteiger partial charge in [0.05, 0.1) is 29.0 Å². The maximum absolute atomic E-state index is 14.0. The van der Waals surface area contributed by atoms with Gasteiger partial charge in [-0.1, -0.05) is 30.3 Å². The molecule has 0 radical (unpaired) electrons. The number of piperidine rings is 1. The molecule has 34 heavy (non-hydrogen) atoms. The van der Waals surface area contributed by atoms with Crippen molar-refractivity contribution in [2.45, 2.75) is 45.2 Å². The van der Waals surface area contributed by atoms with Gasteiger partial charge >= 0.3 is 0 Å². The molecule has 1 amide bonds. The number of hydrogen-bond acceptors (Lipinski definition) is 4. The number of rotatable bonds is 5. The number of fused-ring (bicyclic) bond motifs is 1. The van der Waals surface area contributed by atoms with Gasteiger partial charge in [0, 0.05) is 30.9 Å². The molecule has 0 saturated carbocycles. The summed E-state index contributed by atoms with van der Waals surface area (Å²) < 4.78 is 31.1. The average Bonchev–Trinajstić information content (AvgIpc) is 3.42. The van der Waals surface area contributed by atoms with Crippen LogP contribution < -0.4 is 0 Å².